The van der Waals surface area contributed by atoms with Crippen LogP contribution >= 0.6 is 0 Å². The molecule has 1 fully saturated rings. The van der Waals surface area contributed by atoms with Gasteiger partial charge in [-0.1, -0.05) is 0 Å². The molecule has 78 valence electrons. The zero-order valence-corrected chi connectivity index (χ0v) is 8.25. The molecule has 13 heavy (non-hydrogen) atoms. The van der Waals surface area contributed by atoms with E-state index in [0.29, 0.717) is 26.3 Å². The minimum Gasteiger partial charge on any atom is -0.379 e. The van der Waals surface area contributed by atoms with Crippen molar-refractivity contribution in [1.82, 2.24) is 5.06 Å². The Bertz CT molecular complexity index is 233. The molecule has 0 saturated carbocycles. The van der Waals surface area contributed by atoms with E-state index in [0.717, 1.165) is 0 Å². The molecular weight excluding hydrogens is 198 g/mol. The van der Waals surface area contributed by atoms with Crippen molar-refractivity contribution in [3.05, 3.63) is 0 Å². The van der Waals surface area contributed by atoms with Gasteiger partial charge >= 0.3 is 10.4 Å². The van der Waals surface area contributed by atoms with Crippen LogP contribution < -0.4 is 0 Å². The minimum atomic E-state index is -3.86. The Kier molecular flexibility index (Phi) is 4.07. The lowest BCUT2D eigenvalue weighted by molar-refractivity contribution is -0.121. The number of hydrogen-bond acceptors (Lipinski definition) is 6. The first-order chi connectivity index (χ1) is 6.14. The van der Waals surface area contributed by atoms with Crippen LogP contribution in [0.2, 0.25) is 0 Å². The summed E-state index contributed by atoms with van der Waals surface area (Å²) in [6.45, 7) is 3.48. The number of ether oxygens (including phenoxy) is 1. The first-order valence-corrected chi connectivity index (χ1v) is 5.39. The second-order valence-corrected chi connectivity index (χ2v) is 3.63. The van der Waals surface area contributed by atoms with Crippen LogP contribution in [-0.2, 0) is 23.6 Å². The van der Waals surface area contributed by atoms with E-state index in [1.165, 1.54) is 5.06 Å². The Morgan fingerprint density at radius 2 is 2.00 bits per heavy atom. The quantitative estimate of drug-likeness (QED) is 0.626. The van der Waals surface area contributed by atoms with Gasteiger partial charge < -0.3 is 4.74 Å². The van der Waals surface area contributed by atoms with Crippen LogP contribution in [0.25, 0.3) is 0 Å². The van der Waals surface area contributed by atoms with Gasteiger partial charge in [-0.15, -0.1) is 0 Å². The van der Waals surface area contributed by atoms with Crippen molar-refractivity contribution in [3.63, 3.8) is 0 Å². The number of rotatable bonds is 4. The van der Waals surface area contributed by atoms with E-state index >= 15 is 0 Å². The van der Waals surface area contributed by atoms with Crippen molar-refractivity contribution in [3.8, 4) is 0 Å². The first-order valence-electron chi connectivity index (χ1n) is 4.05. The summed E-state index contributed by atoms with van der Waals surface area (Å²) in [6, 6.07) is 0. The van der Waals surface area contributed by atoms with Gasteiger partial charge in [0.1, 0.15) is 0 Å². The minimum absolute atomic E-state index is 0.0761. The molecule has 1 heterocycles. The summed E-state index contributed by atoms with van der Waals surface area (Å²) in [5, 5.41) is 1.31. The number of hydrogen-bond donors (Lipinski definition) is 0. The largest absolute Gasteiger partial charge is 0.416 e. The normalized spacial score (nSPS) is 20.4. The molecule has 0 radical (unpaired) electrons. The molecular formula is C6H13NO5S. The van der Waals surface area contributed by atoms with Crippen molar-refractivity contribution in [2.75, 3.05) is 32.9 Å². The summed E-state index contributed by atoms with van der Waals surface area (Å²) < 4.78 is 36.0. The van der Waals surface area contributed by atoms with Crippen LogP contribution in [0, 0.1) is 0 Å². The highest BCUT2D eigenvalue weighted by Crippen LogP contribution is 2.04. The smallest absolute Gasteiger partial charge is 0.379 e. The maximum atomic E-state index is 11.0. The standard InChI is InChI=1S/C6H13NO5S/c1-2-11-13(8,9)12-7-3-5-10-6-4-7/h2-6H2,1H3. The van der Waals surface area contributed by atoms with Gasteiger partial charge in [0.25, 0.3) is 0 Å². The van der Waals surface area contributed by atoms with Gasteiger partial charge in [0, 0.05) is 13.1 Å². The summed E-state index contributed by atoms with van der Waals surface area (Å²) in [7, 11) is -3.86. The fourth-order valence-electron chi connectivity index (χ4n) is 0.916. The maximum absolute atomic E-state index is 11.0. The highest BCUT2D eigenvalue weighted by molar-refractivity contribution is 7.81. The third kappa shape index (κ3) is 4.01. The molecule has 0 spiro atoms. The molecule has 0 amide bonds. The molecule has 6 nitrogen and oxygen atoms in total. The van der Waals surface area contributed by atoms with E-state index in [-0.39, 0.29) is 6.61 Å². The Hall–Kier alpha value is -0.210. The van der Waals surface area contributed by atoms with Crippen LogP contribution in [0.3, 0.4) is 0 Å². The van der Waals surface area contributed by atoms with Gasteiger partial charge in [-0.05, 0) is 6.92 Å². The van der Waals surface area contributed by atoms with Gasteiger partial charge in [-0.2, -0.15) is 17.8 Å². The SMILES string of the molecule is CCOS(=O)(=O)ON1CCOCC1. The molecule has 0 aromatic carbocycles. The van der Waals surface area contributed by atoms with Crippen LogP contribution in [0.15, 0.2) is 0 Å². The summed E-state index contributed by atoms with van der Waals surface area (Å²) in [6.07, 6.45) is 0. The highest BCUT2D eigenvalue weighted by Gasteiger charge is 2.19. The van der Waals surface area contributed by atoms with Gasteiger partial charge in [-0.25, -0.2) is 4.18 Å². The van der Waals surface area contributed by atoms with Crippen LogP contribution in [-0.4, -0.2) is 46.4 Å². The Morgan fingerprint density at radius 1 is 1.38 bits per heavy atom. The third-order valence-corrected chi connectivity index (χ3v) is 2.35. The fourth-order valence-corrected chi connectivity index (χ4v) is 1.66. The third-order valence-electron chi connectivity index (χ3n) is 1.43. The van der Waals surface area contributed by atoms with Crippen LogP contribution in [0.1, 0.15) is 6.92 Å². The lowest BCUT2D eigenvalue weighted by Gasteiger charge is -2.24. The summed E-state index contributed by atoms with van der Waals surface area (Å²) in [5.41, 5.74) is 0. The molecule has 1 aliphatic heterocycles. The second-order valence-electron chi connectivity index (χ2n) is 2.43. The summed E-state index contributed by atoms with van der Waals surface area (Å²) in [4.78, 5) is 0. The van der Waals surface area contributed by atoms with Crippen LogP contribution in [0.5, 0.6) is 0 Å². The first kappa shape index (κ1) is 10.9. The van der Waals surface area contributed by atoms with Crippen LogP contribution in [0.4, 0.5) is 0 Å². The number of morpholine rings is 1. The Balaban J connectivity index is 2.37. The van der Waals surface area contributed by atoms with E-state index < -0.39 is 10.4 Å². The van der Waals surface area contributed by atoms with E-state index in [2.05, 4.69) is 8.47 Å². The molecule has 0 aromatic rings. The Labute approximate surface area is 77.7 Å². The topological polar surface area (TPSA) is 65.1 Å². The predicted octanol–water partition coefficient (Wildman–Crippen LogP) is -0.468. The van der Waals surface area contributed by atoms with E-state index in [1.807, 2.05) is 0 Å². The molecule has 1 aliphatic rings. The van der Waals surface area contributed by atoms with Crippen molar-refractivity contribution in [2.45, 2.75) is 6.92 Å². The molecule has 7 heteroatoms. The lowest BCUT2D eigenvalue weighted by Crippen LogP contribution is -2.38. The zero-order chi connectivity index (χ0) is 9.73. The van der Waals surface area contributed by atoms with Crippen molar-refractivity contribution < 1.29 is 21.6 Å². The average molecular weight is 211 g/mol. The van der Waals surface area contributed by atoms with E-state index in [1.54, 1.807) is 6.92 Å². The molecule has 0 aliphatic carbocycles. The van der Waals surface area contributed by atoms with Crippen molar-refractivity contribution in [1.29, 1.82) is 0 Å². The van der Waals surface area contributed by atoms with Crippen molar-refractivity contribution >= 4 is 10.4 Å². The predicted molar refractivity (Wildman–Crippen MR) is 44.0 cm³/mol. The average Bonchev–Trinajstić information content (AvgIpc) is 2.04. The van der Waals surface area contributed by atoms with Gasteiger partial charge in [0.2, 0.25) is 0 Å². The molecule has 1 rings (SSSR count). The molecule has 0 atom stereocenters. The van der Waals surface area contributed by atoms with Gasteiger partial charge in [0.05, 0.1) is 19.8 Å². The van der Waals surface area contributed by atoms with E-state index in [9.17, 15) is 8.42 Å². The van der Waals surface area contributed by atoms with Gasteiger partial charge in [-0.3, -0.25) is 0 Å². The highest BCUT2D eigenvalue weighted by atomic mass is 32.3. The monoisotopic (exact) mass is 211 g/mol. The maximum Gasteiger partial charge on any atom is 0.416 e. The summed E-state index contributed by atoms with van der Waals surface area (Å²) >= 11 is 0. The Morgan fingerprint density at radius 3 is 2.54 bits per heavy atom. The molecule has 0 aromatic heterocycles. The second kappa shape index (κ2) is 4.87. The lowest BCUT2D eigenvalue weighted by atomic mass is 10.5. The molecule has 0 bridgehead atoms. The van der Waals surface area contributed by atoms with Gasteiger partial charge in [0.15, 0.2) is 0 Å². The number of nitrogens with zero attached hydrogens (tertiary/aromatic N) is 1. The fraction of sp³-hybridized carbons (Fsp3) is 1.00. The van der Waals surface area contributed by atoms with Crippen molar-refractivity contribution in [2.24, 2.45) is 0 Å². The molecule has 0 N–H and O–H groups in total. The number of hydroxylamine groups is 2. The molecule has 0 unspecified atom stereocenters. The van der Waals surface area contributed by atoms with E-state index in [4.69, 9.17) is 4.74 Å². The molecule has 1 saturated heterocycles. The summed E-state index contributed by atoms with van der Waals surface area (Å²) in [5.74, 6) is 0. The zero-order valence-electron chi connectivity index (χ0n) is 7.43.